The van der Waals surface area contributed by atoms with E-state index in [9.17, 15) is 5.11 Å². The summed E-state index contributed by atoms with van der Waals surface area (Å²) in [5, 5.41) is 10.9. The molecule has 5 heteroatoms. The van der Waals surface area contributed by atoms with Crippen molar-refractivity contribution in [1.82, 2.24) is 9.55 Å². The van der Waals surface area contributed by atoms with Crippen LogP contribution in [-0.4, -0.2) is 33.4 Å². The van der Waals surface area contributed by atoms with Crippen LogP contribution in [0.1, 0.15) is 49.9 Å². The fraction of sp³-hybridized carbons (Fsp3) is 0.786. The summed E-state index contributed by atoms with van der Waals surface area (Å²) in [7, 11) is 0. The third-order valence-corrected chi connectivity index (χ3v) is 5.20. The Morgan fingerprint density at radius 3 is 2.89 bits per heavy atom. The quantitative estimate of drug-likeness (QED) is 0.854. The Kier molecular flexibility index (Phi) is 2.53. The highest BCUT2D eigenvalue weighted by molar-refractivity contribution is 5.16. The van der Waals surface area contributed by atoms with Gasteiger partial charge >= 0.3 is 0 Å². The minimum absolute atomic E-state index is 0.111. The average molecular weight is 263 g/mol. The molecule has 5 nitrogen and oxygen atoms in total. The second-order valence-corrected chi connectivity index (χ2v) is 6.32. The molecule has 19 heavy (non-hydrogen) atoms. The van der Waals surface area contributed by atoms with Crippen LogP contribution in [0.4, 0.5) is 0 Å². The van der Waals surface area contributed by atoms with E-state index in [1.807, 2.05) is 6.33 Å². The molecular weight excluding hydrogens is 242 g/mol. The molecule has 1 aromatic heterocycles. The monoisotopic (exact) mass is 263 g/mol. The number of fused-ring (bicyclic) bond motifs is 2. The molecule has 1 aliphatic carbocycles. The van der Waals surface area contributed by atoms with Crippen molar-refractivity contribution in [3.8, 4) is 0 Å². The Morgan fingerprint density at radius 2 is 2.32 bits per heavy atom. The van der Waals surface area contributed by atoms with Gasteiger partial charge in [0, 0.05) is 18.0 Å². The van der Waals surface area contributed by atoms with Gasteiger partial charge in [-0.2, -0.15) is 0 Å². The van der Waals surface area contributed by atoms with E-state index in [1.165, 1.54) is 12.8 Å². The summed E-state index contributed by atoms with van der Waals surface area (Å²) in [6.45, 7) is 0.477. The molecule has 2 saturated heterocycles. The molecule has 4 atom stereocenters. The maximum absolute atomic E-state index is 10.9. The molecule has 3 fully saturated rings. The van der Waals surface area contributed by atoms with Crippen LogP contribution in [0.2, 0.25) is 0 Å². The van der Waals surface area contributed by atoms with Crippen LogP contribution < -0.4 is 5.73 Å². The predicted molar refractivity (Wildman–Crippen MR) is 69.5 cm³/mol. The number of ether oxygens (including phenoxy) is 1. The second kappa shape index (κ2) is 4.04. The van der Waals surface area contributed by atoms with E-state index in [0.717, 1.165) is 25.0 Å². The number of hydrogen-bond acceptors (Lipinski definition) is 4. The first-order valence-corrected chi connectivity index (χ1v) is 7.30. The van der Waals surface area contributed by atoms with E-state index in [2.05, 4.69) is 9.55 Å². The molecule has 2 bridgehead atoms. The van der Waals surface area contributed by atoms with E-state index < -0.39 is 6.10 Å². The predicted octanol–water partition coefficient (Wildman–Crippen LogP) is 1.15. The molecule has 104 valence electrons. The fourth-order valence-electron chi connectivity index (χ4n) is 3.93. The van der Waals surface area contributed by atoms with Crippen LogP contribution in [0.15, 0.2) is 12.5 Å². The summed E-state index contributed by atoms with van der Waals surface area (Å²) in [5.74, 6) is 0. The third kappa shape index (κ3) is 1.61. The number of imidazole rings is 1. The Balaban J connectivity index is 1.68. The third-order valence-electron chi connectivity index (χ3n) is 5.20. The number of nitrogens with zero attached hydrogens (tertiary/aromatic N) is 2. The van der Waals surface area contributed by atoms with Crippen molar-refractivity contribution in [3.05, 3.63) is 18.2 Å². The summed E-state index contributed by atoms with van der Waals surface area (Å²) in [4.78, 5) is 4.22. The summed E-state index contributed by atoms with van der Waals surface area (Å²) in [5.41, 5.74) is 6.64. The van der Waals surface area contributed by atoms with Crippen LogP contribution in [0.5, 0.6) is 0 Å². The van der Waals surface area contributed by atoms with E-state index in [-0.39, 0.29) is 11.5 Å². The number of aromatic nitrogens is 2. The first kappa shape index (κ1) is 11.9. The van der Waals surface area contributed by atoms with Crippen LogP contribution >= 0.6 is 0 Å². The highest BCUT2D eigenvalue weighted by atomic mass is 16.5. The zero-order valence-electron chi connectivity index (χ0n) is 11.0. The fourth-order valence-corrected chi connectivity index (χ4v) is 3.93. The van der Waals surface area contributed by atoms with Gasteiger partial charge in [0.25, 0.3) is 0 Å². The van der Waals surface area contributed by atoms with Crippen molar-refractivity contribution in [3.63, 3.8) is 0 Å². The van der Waals surface area contributed by atoms with Gasteiger partial charge in [0.2, 0.25) is 0 Å². The van der Waals surface area contributed by atoms with Crippen LogP contribution in [-0.2, 0) is 4.74 Å². The molecule has 0 radical (unpaired) electrons. The van der Waals surface area contributed by atoms with Crippen molar-refractivity contribution in [2.45, 2.75) is 56.5 Å². The summed E-state index contributed by atoms with van der Waals surface area (Å²) in [6.07, 6.45) is 8.88. The van der Waals surface area contributed by atoms with Gasteiger partial charge in [-0.1, -0.05) is 0 Å². The number of nitrogens with two attached hydrogens (primary N) is 1. The van der Waals surface area contributed by atoms with Crippen molar-refractivity contribution < 1.29 is 9.84 Å². The standard InChI is InChI=1S/C14H21N3O2/c15-7-14(5-10-3-4-12(14)19-10)13(18)11-6-16-8-17(11)9-1-2-9/h6,8-10,12-13,18H,1-5,7,15H2. The molecule has 0 amide bonds. The molecule has 0 spiro atoms. The average Bonchev–Trinajstić information content (AvgIpc) is 2.91. The molecule has 3 N–H and O–H groups in total. The smallest absolute Gasteiger partial charge is 0.105 e. The van der Waals surface area contributed by atoms with Gasteiger partial charge < -0.3 is 20.1 Å². The Labute approximate surface area is 112 Å². The maximum Gasteiger partial charge on any atom is 0.105 e. The van der Waals surface area contributed by atoms with Crippen molar-refractivity contribution >= 4 is 0 Å². The van der Waals surface area contributed by atoms with E-state index >= 15 is 0 Å². The van der Waals surface area contributed by atoms with E-state index in [0.29, 0.717) is 18.7 Å². The Morgan fingerprint density at radius 1 is 1.47 bits per heavy atom. The van der Waals surface area contributed by atoms with Crippen LogP contribution in [0.3, 0.4) is 0 Å². The van der Waals surface area contributed by atoms with Gasteiger partial charge in [0.05, 0.1) is 30.4 Å². The lowest BCUT2D eigenvalue weighted by atomic mass is 9.69. The van der Waals surface area contributed by atoms with Crippen LogP contribution in [0, 0.1) is 5.41 Å². The number of aliphatic hydroxyl groups is 1. The first-order valence-electron chi connectivity index (χ1n) is 7.30. The van der Waals surface area contributed by atoms with Gasteiger partial charge in [-0.25, -0.2) is 4.98 Å². The topological polar surface area (TPSA) is 73.3 Å². The van der Waals surface area contributed by atoms with Gasteiger partial charge in [0.15, 0.2) is 0 Å². The molecule has 2 aliphatic heterocycles. The minimum Gasteiger partial charge on any atom is -0.386 e. The number of aliphatic hydroxyl groups excluding tert-OH is 1. The first-order chi connectivity index (χ1) is 9.24. The van der Waals surface area contributed by atoms with Crippen molar-refractivity contribution in [2.24, 2.45) is 11.1 Å². The normalized spacial score (nSPS) is 38.8. The molecular formula is C14H21N3O2. The lowest BCUT2D eigenvalue weighted by Crippen LogP contribution is -2.45. The molecule has 1 aromatic rings. The summed E-state index contributed by atoms with van der Waals surface area (Å²) < 4.78 is 8.08. The van der Waals surface area contributed by atoms with E-state index in [1.54, 1.807) is 6.20 Å². The minimum atomic E-state index is -0.559. The zero-order valence-corrected chi connectivity index (χ0v) is 11.0. The van der Waals surface area contributed by atoms with Gasteiger partial charge in [-0.15, -0.1) is 0 Å². The van der Waals surface area contributed by atoms with Gasteiger partial charge in [-0.05, 0) is 32.1 Å². The molecule has 3 aliphatic rings. The molecule has 0 aromatic carbocycles. The highest BCUT2D eigenvalue weighted by Gasteiger charge is 2.56. The van der Waals surface area contributed by atoms with Crippen molar-refractivity contribution in [1.29, 1.82) is 0 Å². The van der Waals surface area contributed by atoms with Crippen LogP contribution in [0.25, 0.3) is 0 Å². The van der Waals surface area contributed by atoms with Gasteiger partial charge in [-0.3, -0.25) is 0 Å². The largest absolute Gasteiger partial charge is 0.386 e. The molecule has 4 unspecified atom stereocenters. The van der Waals surface area contributed by atoms with Crippen molar-refractivity contribution in [2.75, 3.05) is 6.54 Å². The lowest BCUT2D eigenvalue weighted by molar-refractivity contribution is -0.0302. The Hall–Kier alpha value is -0.910. The maximum atomic E-state index is 10.9. The Bertz CT molecular complexity index is 485. The SMILES string of the molecule is NCC1(C(O)c2cncn2C2CC2)CC2CCC1O2. The second-order valence-electron chi connectivity index (χ2n) is 6.32. The zero-order chi connectivity index (χ0) is 13.0. The number of hydrogen-bond donors (Lipinski definition) is 2. The van der Waals surface area contributed by atoms with Gasteiger partial charge in [0.1, 0.15) is 6.10 Å². The molecule has 3 heterocycles. The van der Waals surface area contributed by atoms with E-state index in [4.69, 9.17) is 10.5 Å². The highest BCUT2D eigenvalue weighted by Crippen LogP contribution is 2.54. The molecule has 4 rings (SSSR count). The number of rotatable bonds is 4. The summed E-state index contributed by atoms with van der Waals surface area (Å²) in [6, 6.07) is 0.529. The summed E-state index contributed by atoms with van der Waals surface area (Å²) >= 11 is 0. The lowest BCUT2D eigenvalue weighted by Gasteiger charge is -2.38. The molecule has 1 saturated carbocycles.